The fraction of sp³-hybridized carbons (Fsp3) is 0.310. The van der Waals surface area contributed by atoms with E-state index in [1.807, 2.05) is 19.1 Å². The van der Waals surface area contributed by atoms with Crippen LogP contribution in [0.4, 0.5) is 13.2 Å². The summed E-state index contributed by atoms with van der Waals surface area (Å²) in [5, 5.41) is 0. The van der Waals surface area contributed by atoms with E-state index in [0.29, 0.717) is 29.2 Å². The second kappa shape index (κ2) is 10.9. The molecule has 1 aliphatic heterocycles. The van der Waals surface area contributed by atoms with E-state index in [9.17, 15) is 13.2 Å². The molecule has 1 saturated heterocycles. The van der Waals surface area contributed by atoms with Crippen molar-refractivity contribution in [2.75, 3.05) is 13.2 Å². The quantitative estimate of drug-likeness (QED) is 0.326. The number of halogens is 3. The molecule has 0 radical (unpaired) electrons. The molecule has 3 aromatic carbocycles. The van der Waals surface area contributed by atoms with Crippen molar-refractivity contribution < 1.29 is 22.6 Å². The smallest absolute Gasteiger partial charge is 0.201 e. The molecule has 5 heteroatoms. The summed E-state index contributed by atoms with van der Waals surface area (Å²) in [6, 6.07) is 15.1. The van der Waals surface area contributed by atoms with Crippen LogP contribution < -0.4 is 4.74 Å². The van der Waals surface area contributed by atoms with Crippen LogP contribution in [0.5, 0.6) is 5.75 Å². The van der Waals surface area contributed by atoms with Crippen LogP contribution in [0.3, 0.4) is 0 Å². The zero-order valence-electron chi connectivity index (χ0n) is 19.5. The van der Waals surface area contributed by atoms with Gasteiger partial charge in [0.1, 0.15) is 12.4 Å². The monoisotopic (exact) mass is 466 g/mol. The third-order valence-electron chi connectivity index (χ3n) is 6.16. The minimum absolute atomic E-state index is 0.120. The predicted molar refractivity (Wildman–Crippen MR) is 129 cm³/mol. The van der Waals surface area contributed by atoms with Crippen LogP contribution in [0.15, 0.2) is 66.7 Å². The van der Waals surface area contributed by atoms with Crippen LogP contribution in [0.25, 0.3) is 22.3 Å². The van der Waals surface area contributed by atoms with Gasteiger partial charge in [-0.05, 0) is 60.1 Å². The maximum Gasteiger partial charge on any atom is 0.201 e. The Kier molecular flexibility index (Phi) is 7.73. The predicted octanol–water partition coefficient (Wildman–Crippen LogP) is 8.27. The molecule has 2 atom stereocenters. The minimum Gasteiger partial charge on any atom is -0.486 e. The maximum atomic E-state index is 14.8. The number of hydrogen-bond acceptors (Lipinski definition) is 2. The molecule has 2 unspecified atom stereocenters. The second-order valence-corrected chi connectivity index (χ2v) is 8.75. The van der Waals surface area contributed by atoms with Gasteiger partial charge in [-0.1, -0.05) is 62.4 Å². The summed E-state index contributed by atoms with van der Waals surface area (Å²) in [6.07, 6.45) is 6.14. The van der Waals surface area contributed by atoms with E-state index >= 15 is 0 Å². The highest BCUT2D eigenvalue weighted by molar-refractivity contribution is 5.71. The topological polar surface area (TPSA) is 18.5 Å². The molecule has 0 bridgehead atoms. The highest BCUT2D eigenvalue weighted by atomic mass is 19.2. The van der Waals surface area contributed by atoms with Crippen LogP contribution in [-0.4, -0.2) is 13.2 Å². The minimum atomic E-state index is -1.01. The molecule has 0 amide bonds. The number of ether oxygens (including phenoxy) is 2. The first kappa shape index (κ1) is 24.1. The van der Waals surface area contributed by atoms with Crippen molar-refractivity contribution in [3.8, 4) is 28.0 Å². The van der Waals surface area contributed by atoms with Crippen LogP contribution >= 0.6 is 0 Å². The van der Waals surface area contributed by atoms with E-state index in [0.717, 1.165) is 24.8 Å². The fourth-order valence-electron chi connectivity index (χ4n) is 4.18. The molecule has 0 N–H and O–H groups in total. The molecule has 0 saturated carbocycles. The van der Waals surface area contributed by atoms with E-state index < -0.39 is 11.6 Å². The Morgan fingerprint density at radius 1 is 0.882 bits per heavy atom. The van der Waals surface area contributed by atoms with Gasteiger partial charge in [-0.25, -0.2) is 8.78 Å². The molecule has 3 aromatic rings. The molecule has 178 valence electrons. The van der Waals surface area contributed by atoms with E-state index in [1.165, 1.54) is 18.2 Å². The van der Waals surface area contributed by atoms with Gasteiger partial charge in [-0.2, -0.15) is 4.39 Å². The van der Waals surface area contributed by atoms with Gasteiger partial charge in [0, 0.05) is 17.7 Å². The van der Waals surface area contributed by atoms with Gasteiger partial charge in [0.05, 0.1) is 6.10 Å². The molecular formula is C29H29F3O2. The highest BCUT2D eigenvalue weighted by Crippen LogP contribution is 2.35. The maximum absolute atomic E-state index is 14.8. The molecule has 34 heavy (non-hydrogen) atoms. The van der Waals surface area contributed by atoms with Crippen LogP contribution in [-0.2, 0) is 4.74 Å². The van der Waals surface area contributed by atoms with Crippen LogP contribution in [0, 0.1) is 23.4 Å². The fourth-order valence-corrected chi connectivity index (χ4v) is 4.18. The average Bonchev–Trinajstić information content (AvgIpc) is 2.85. The van der Waals surface area contributed by atoms with Crippen molar-refractivity contribution in [3.63, 3.8) is 0 Å². The zero-order chi connectivity index (χ0) is 24.1. The lowest BCUT2D eigenvalue weighted by Crippen LogP contribution is -2.19. The van der Waals surface area contributed by atoms with Gasteiger partial charge in [0.15, 0.2) is 11.6 Å². The lowest BCUT2D eigenvalue weighted by atomic mass is 9.94. The standard InChI is InChI=1S/C29H29F3O2/c1-3-4-5-16-33-27-15-13-23(28(31)29(27)32)21-9-7-20(8-10-21)22-11-12-24(25(30)17-22)26-14-6-19(2)18-34-26/h4-5,7-13,15,17,19,26H,3,6,14,16,18H2,1-2H3/b5-4+. The summed E-state index contributed by atoms with van der Waals surface area (Å²) in [4.78, 5) is 0. The van der Waals surface area contributed by atoms with E-state index in [1.54, 1.807) is 36.4 Å². The number of allylic oxidation sites excluding steroid dienone is 1. The second-order valence-electron chi connectivity index (χ2n) is 8.75. The van der Waals surface area contributed by atoms with Gasteiger partial charge in [0.25, 0.3) is 0 Å². The first-order chi connectivity index (χ1) is 16.5. The number of rotatable bonds is 7. The van der Waals surface area contributed by atoms with Gasteiger partial charge >= 0.3 is 0 Å². The highest BCUT2D eigenvalue weighted by Gasteiger charge is 2.23. The zero-order valence-corrected chi connectivity index (χ0v) is 19.5. The normalized spacial score (nSPS) is 18.4. The Bertz CT molecular complexity index is 1150. The van der Waals surface area contributed by atoms with Gasteiger partial charge in [-0.15, -0.1) is 0 Å². The lowest BCUT2D eigenvalue weighted by Gasteiger charge is -2.27. The first-order valence-electron chi connectivity index (χ1n) is 11.8. The summed E-state index contributed by atoms with van der Waals surface area (Å²) in [6.45, 7) is 4.94. The van der Waals surface area contributed by atoms with Crippen molar-refractivity contribution in [1.29, 1.82) is 0 Å². The third kappa shape index (κ3) is 5.36. The SMILES string of the molecule is CC/C=C/COc1ccc(-c2ccc(-c3ccc(C4CCC(C)CO4)c(F)c3)cc2)c(F)c1F. The molecule has 2 nitrogen and oxygen atoms in total. The molecule has 0 aliphatic carbocycles. The van der Waals surface area contributed by atoms with Crippen molar-refractivity contribution in [2.24, 2.45) is 5.92 Å². The molecule has 0 spiro atoms. The molecule has 4 rings (SSSR count). The first-order valence-corrected chi connectivity index (χ1v) is 11.8. The summed E-state index contributed by atoms with van der Waals surface area (Å²) in [7, 11) is 0. The lowest BCUT2D eigenvalue weighted by molar-refractivity contribution is -0.0141. The molecular weight excluding hydrogens is 437 g/mol. The Morgan fingerprint density at radius 3 is 2.29 bits per heavy atom. The summed E-state index contributed by atoms with van der Waals surface area (Å²) < 4.78 is 55.2. The van der Waals surface area contributed by atoms with Crippen LogP contribution in [0.1, 0.15) is 44.8 Å². The Morgan fingerprint density at radius 2 is 1.62 bits per heavy atom. The molecule has 1 fully saturated rings. The molecule has 1 aliphatic rings. The van der Waals surface area contributed by atoms with E-state index in [-0.39, 0.29) is 29.8 Å². The van der Waals surface area contributed by atoms with Crippen molar-refractivity contribution in [3.05, 3.63) is 89.8 Å². The summed E-state index contributed by atoms with van der Waals surface area (Å²) in [5.74, 6) is -1.88. The van der Waals surface area contributed by atoms with Crippen LogP contribution in [0.2, 0.25) is 0 Å². The Labute approximate surface area is 199 Å². The molecule has 0 aromatic heterocycles. The number of benzene rings is 3. The van der Waals surface area contributed by atoms with E-state index in [4.69, 9.17) is 9.47 Å². The largest absolute Gasteiger partial charge is 0.486 e. The Hall–Kier alpha value is -3.05. The molecule has 1 heterocycles. The third-order valence-corrected chi connectivity index (χ3v) is 6.16. The Balaban J connectivity index is 1.50. The van der Waals surface area contributed by atoms with E-state index in [2.05, 4.69) is 6.92 Å². The van der Waals surface area contributed by atoms with Crippen molar-refractivity contribution >= 4 is 0 Å². The van der Waals surface area contributed by atoms with Crippen molar-refractivity contribution in [1.82, 2.24) is 0 Å². The van der Waals surface area contributed by atoms with Gasteiger partial charge in [0.2, 0.25) is 5.82 Å². The van der Waals surface area contributed by atoms with Crippen molar-refractivity contribution in [2.45, 2.75) is 39.2 Å². The number of hydrogen-bond donors (Lipinski definition) is 0. The summed E-state index contributed by atoms with van der Waals surface area (Å²) >= 11 is 0. The van der Waals surface area contributed by atoms with Gasteiger partial charge in [-0.3, -0.25) is 0 Å². The average molecular weight is 467 g/mol. The summed E-state index contributed by atoms with van der Waals surface area (Å²) in [5.41, 5.74) is 2.76. The van der Waals surface area contributed by atoms with Gasteiger partial charge < -0.3 is 9.47 Å².